The van der Waals surface area contributed by atoms with Gasteiger partial charge < -0.3 is 14.5 Å². The number of rotatable bonds is 5. The van der Waals surface area contributed by atoms with Crippen LogP contribution in [0.5, 0.6) is 0 Å². The van der Waals surface area contributed by atoms with Crippen molar-refractivity contribution in [3.05, 3.63) is 41.5 Å². The molecule has 0 spiro atoms. The highest BCUT2D eigenvalue weighted by Crippen LogP contribution is 2.37. The molecule has 0 bridgehead atoms. The predicted octanol–water partition coefficient (Wildman–Crippen LogP) is 2.09. The Morgan fingerprint density at radius 2 is 1.89 bits per heavy atom. The van der Waals surface area contributed by atoms with E-state index in [2.05, 4.69) is 4.52 Å². The van der Waals surface area contributed by atoms with Gasteiger partial charge in [-0.05, 0) is 25.5 Å². The normalized spacial score (nSPS) is 14.0. The van der Waals surface area contributed by atoms with Crippen LogP contribution >= 0.6 is 7.82 Å². The van der Waals surface area contributed by atoms with Gasteiger partial charge in [0.15, 0.2) is 0 Å². The minimum absolute atomic E-state index is 0.298. The summed E-state index contributed by atoms with van der Waals surface area (Å²) in [6.07, 6.45) is 0.277. The zero-order chi connectivity index (χ0) is 14.5. The van der Waals surface area contributed by atoms with Crippen LogP contribution in [0.3, 0.4) is 0 Å². The molecule has 19 heavy (non-hydrogen) atoms. The average Bonchev–Trinajstić information content (AvgIpc) is 2.27. The molecule has 0 aliphatic carbocycles. The molecule has 104 valence electrons. The van der Waals surface area contributed by atoms with Crippen molar-refractivity contribution in [2.75, 3.05) is 0 Å². The Bertz CT molecular complexity index is 504. The summed E-state index contributed by atoms with van der Waals surface area (Å²) in [4.78, 5) is 28.7. The lowest BCUT2D eigenvalue weighted by atomic mass is 10.1. The molecule has 6 nitrogen and oxygen atoms in total. The Balaban J connectivity index is 2.63. The molecule has 2 N–H and O–H groups in total. The molecule has 0 amide bonds. The van der Waals surface area contributed by atoms with E-state index in [1.165, 1.54) is 6.92 Å². The third kappa shape index (κ3) is 6.31. The Kier molecular flexibility index (Phi) is 5.44. The average molecular weight is 286 g/mol. The summed E-state index contributed by atoms with van der Waals surface area (Å²) in [5.41, 5.74) is 1.12. The Morgan fingerprint density at radius 3 is 2.42 bits per heavy atom. The van der Waals surface area contributed by atoms with Crippen LogP contribution < -0.4 is 0 Å². The van der Waals surface area contributed by atoms with E-state index in [0.29, 0.717) is 5.57 Å². The Hall–Kier alpha value is -1.46. The number of carbonyl (C=O) groups is 1. The Morgan fingerprint density at radius 1 is 1.32 bits per heavy atom. The molecule has 1 aromatic rings. The summed E-state index contributed by atoms with van der Waals surface area (Å²) < 4.78 is 19.5. The maximum absolute atomic E-state index is 11.6. The van der Waals surface area contributed by atoms with Crippen molar-refractivity contribution < 1.29 is 28.4 Å². The number of phosphoric ester groups is 1. The van der Waals surface area contributed by atoms with E-state index in [0.717, 1.165) is 5.56 Å². The molecule has 0 aromatic heterocycles. The van der Waals surface area contributed by atoms with Gasteiger partial charge in [-0.15, -0.1) is 0 Å². The second-order valence-electron chi connectivity index (χ2n) is 3.81. The molecule has 1 rings (SSSR count). The number of esters is 1. The van der Waals surface area contributed by atoms with Crippen molar-refractivity contribution in [2.45, 2.75) is 20.1 Å². The van der Waals surface area contributed by atoms with Crippen molar-refractivity contribution in [1.82, 2.24) is 0 Å². The van der Waals surface area contributed by atoms with Crippen LogP contribution in [-0.2, 0) is 18.6 Å². The second kappa shape index (κ2) is 6.63. The third-order valence-electron chi connectivity index (χ3n) is 2.06. The molecule has 1 unspecified atom stereocenters. The maximum atomic E-state index is 11.6. The zero-order valence-electron chi connectivity index (χ0n) is 10.5. The van der Waals surface area contributed by atoms with Gasteiger partial charge in [0.1, 0.15) is 0 Å². The van der Waals surface area contributed by atoms with Crippen LogP contribution in [-0.4, -0.2) is 22.0 Å². The van der Waals surface area contributed by atoms with Gasteiger partial charge in [0.2, 0.25) is 6.29 Å². The van der Waals surface area contributed by atoms with Crippen LogP contribution in [0.15, 0.2) is 35.9 Å². The van der Waals surface area contributed by atoms with Crippen LogP contribution in [0.2, 0.25) is 0 Å². The first-order chi connectivity index (χ1) is 8.78. The summed E-state index contributed by atoms with van der Waals surface area (Å²) in [5.74, 6) is -0.704. The summed E-state index contributed by atoms with van der Waals surface area (Å²) in [5, 5.41) is 0. The monoisotopic (exact) mass is 286 g/mol. The molecule has 0 fully saturated rings. The van der Waals surface area contributed by atoms with Crippen LogP contribution in [0.1, 0.15) is 19.4 Å². The lowest BCUT2D eigenvalue weighted by Crippen LogP contribution is -2.17. The van der Waals surface area contributed by atoms with Gasteiger partial charge >= 0.3 is 13.8 Å². The molecule has 7 heteroatoms. The third-order valence-corrected chi connectivity index (χ3v) is 2.63. The number of hydrogen-bond donors (Lipinski definition) is 2. The lowest BCUT2D eigenvalue weighted by Gasteiger charge is -2.14. The topological polar surface area (TPSA) is 93.1 Å². The molecule has 0 heterocycles. The standard InChI is InChI=1S/C12H15O6P/c1-9(8-11-6-4-3-5-7-11)12(13)17-10(2)18-19(14,15)16/h3-8,10H,1-2H3,(H2,14,15,16). The predicted molar refractivity (Wildman–Crippen MR) is 68.8 cm³/mol. The highest BCUT2D eigenvalue weighted by molar-refractivity contribution is 7.46. The van der Waals surface area contributed by atoms with Crippen LogP contribution in [0, 0.1) is 0 Å². The summed E-state index contributed by atoms with van der Waals surface area (Å²) in [6.45, 7) is 2.77. The quantitative estimate of drug-likeness (QED) is 0.372. The molecule has 0 aliphatic heterocycles. The highest BCUT2D eigenvalue weighted by atomic mass is 31.2. The maximum Gasteiger partial charge on any atom is 0.472 e. The highest BCUT2D eigenvalue weighted by Gasteiger charge is 2.22. The van der Waals surface area contributed by atoms with E-state index in [1.807, 2.05) is 30.3 Å². The SMILES string of the molecule is CC(=Cc1ccccc1)C(=O)OC(C)OP(=O)(O)O. The summed E-state index contributed by atoms with van der Waals surface area (Å²) in [7, 11) is -4.67. The molecule has 0 radical (unpaired) electrons. The number of ether oxygens (including phenoxy) is 1. The van der Waals surface area contributed by atoms with E-state index < -0.39 is 20.1 Å². The molecule has 1 aromatic carbocycles. The number of benzene rings is 1. The molecule has 0 saturated carbocycles. The molecular formula is C12H15O6P. The van der Waals surface area contributed by atoms with Crippen molar-refractivity contribution in [3.8, 4) is 0 Å². The van der Waals surface area contributed by atoms with Crippen molar-refractivity contribution in [3.63, 3.8) is 0 Å². The fraction of sp³-hybridized carbons (Fsp3) is 0.250. The van der Waals surface area contributed by atoms with Crippen molar-refractivity contribution >= 4 is 19.9 Å². The van der Waals surface area contributed by atoms with Gasteiger partial charge in [-0.2, -0.15) is 0 Å². The number of carbonyl (C=O) groups excluding carboxylic acids is 1. The lowest BCUT2D eigenvalue weighted by molar-refractivity contribution is -0.157. The molecule has 0 aliphatic rings. The smallest absolute Gasteiger partial charge is 0.432 e. The first-order valence-electron chi connectivity index (χ1n) is 5.46. The largest absolute Gasteiger partial charge is 0.472 e. The van der Waals surface area contributed by atoms with E-state index in [1.54, 1.807) is 13.0 Å². The molecule has 1 atom stereocenters. The van der Waals surface area contributed by atoms with E-state index >= 15 is 0 Å². The van der Waals surface area contributed by atoms with Gasteiger partial charge in [-0.1, -0.05) is 30.3 Å². The first kappa shape index (κ1) is 15.6. The molecular weight excluding hydrogens is 271 g/mol. The van der Waals surface area contributed by atoms with Gasteiger partial charge in [0.25, 0.3) is 0 Å². The van der Waals surface area contributed by atoms with Gasteiger partial charge in [0.05, 0.1) is 0 Å². The van der Waals surface area contributed by atoms with Crippen molar-refractivity contribution in [1.29, 1.82) is 0 Å². The Labute approximate surface area is 110 Å². The summed E-state index contributed by atoms with van der Waals surface area (Å²) in [6, 6.07) is 9.12. The van der Waals surface area contributed by atoms with E-state index in [4.69, 9.17) is 14.5 Å². The fourth-order valence-electron chi connectivity index (χ4n) is 1.32. The minimum Gasteiger partial charge on any atom is -0.432 e. The fourth-order valence-corrected chi connectivity index (χ4v) is 1.75. The first-order valence-corrected chi connectivity index (χ1v) is 6.99. The van der Waals surface area contributed by atoms with E-state index in [9.17, 15) is 9.36 Å². The van der Waals surface area contributed by atoms with Crippen LogP contribution in [0.4, 0.5) is 0 Å². The van der Waals surface area contributed by atoms with Gasteiger partial charge in [-0.3, -0.25) is 0 Å². The number of phosphoric acid groups is 1. The van der Waals surface area contributed by atoms with Crippen LogP contribution in [0.25, 0.3) is 6.08 Å². The van der Waals surface area contributed by atoms with Gasteiger partial charge in [0, 0.05) is 5.57 Å². The van der Waals surface area contributed by atoms with E-state index in [-0.39, 0.29) is 0 Å². The molecule has 0 saturated heterocycles. The van der Waals surface area contributed by atoms with Gasteiger partial charge in [-0.25, -0.2) is 13.9 Å². The number of hydrogen-bond acceptors (Lipinski definition) is 4. The van der Waals surface area contributed by atoms with Crippen molar-refractivity contribution in [2.24, 2.45) is 0 Å². The minimum atomic E-state index is -4.67. The second-order valence-corrected chi connectivity index (χ2v) is 5.00. The summed E-state index contributed by atoms with van der Waals surface area (Å²) >= 11 is 0. The zero-order valence-corrected chi connectivity index (χ0v) is 11.4.